The third-order valence-corrected chi connectivity index (χ3v) is 3.34. The summed E-state index contributed by atoms with van der Waals surface area (Å²) in [7, 11) is 0. The van der Waals surface area contributed by atoms with Gasteiger partial charge in [0.1, 0.15) is 19.5 Å². The minimum Gasteiger partial charge on any atom is -0.493 e. The third kappa shape index (κ3) is 3.58. The van der Waals surface area contributed by atoms with Gasteiger partial charge in [0.15, 0.2) is 0 Å². The van der Waals surface area contributed by atoms with Crippen molar-refractivity contribution < 1.29 is 23.8 Å². The second-order valence-corrected chi connectivity index (χ2v) is 5.18. The molecule has 3 rings (SSSR count). The van der Waals surface area contributed by atoms with E-state index in [1.54, 1.807) is 24.3 Å². The van der Waals surface area contributed by atoms with Crippen LogP contribution in [0.2, 0.25) is 0 Å². The SMILES string of the molecule is O=C(O[C@@H](C(=O)NC1CC1)c1ccccc1)C1=COCCO1. The van der Waals surface area contributed by atoms with E-state index in [4.69, 9.17) is 14.2 Å². The Morgan fingerprint density at radius 3 is 2.59 bits per heavy atom. The molecule has 1 aliphatic heterocycles. The van der Waals surface area contributed by atoms with Gasteiger partial charge in [-0.1, -0.05) is 30.3 Å². The lowest BCUT2D eigenvalue weighted by Gasteiger charge is -2.20. The van der Waals surface area contributed by atoms with Crippen molar-refractivity contribution in [3.8, 4) is 0 Å². The van der Waals surface area contributed by atoms with Gasteiger partial charge in [0.25, 0.3) is 5.91 Å². The molecule has 1 heterocycles. The Kier molecular flexibility index (Phi) is 4.27. The van der Waals surface area contributed by atoms with Crippen LogP contribution in [0.15, 0.2) is 42.4 Å². The van der Waals surface area contributed by atoms with Crippen LogP contribution in [0.3, 0.4) is 0 Å². The monoisotopic (exact) mass is 303 g/mol. The van der Waals surface area contributed by atoms with Crippen molar-refractivity contribution in [3.05, 3.63) is 47.9 Å². The number of carbonyl (C=O) groups is 2. The van der Waals surface area contributed by atoms with Crippen molar-refractivity contribution in [1.29, 1.82) is 0 Å². The number of amides is 1. The highest BCUT2D eigenvalue weighted by Crippen LogP contribution is 2.24. The van der Waals surface area contributed by atoms with Gasteiger partial charge in [0, 0.05) is 11.6 Å². The van der Waals surface area contributed by atoms with Gasteiger partial charge in [-0.05, 0) is 12.8 Å². The largest absolute Gasteiger partial charge is 0.493 e. The fraction of sp³-hybridized carbons (Fsp3) is 0.375. The van der Waals surface area contributed by atoms with Crippen molar-refractivity contribution in [2.24, 2.45) is 0 Å². The lowest BCUT2D eigenvalue weighted by atomic mass is 10.1. The van der Waals surface area contributed by atoms with E-state index in [-0.39, 0.29) is 24.3 Å². The van der Waals surface area contributed by atoms with Crippen molar-refractivity contribution in [1.82, 2.24) is 5.32 Å². The summed E-state index contributed by atoms with van der Waals surface area (Å²) in [6.45, 7) is 0.673. The van der Waals surface area contributed by atoms with Crippen LogP contribution in [0.25, 0.3) is 0 Å². The number of esters is 1. The van der Waals surface area contributed by atoms with Gasteiger partial charge < -0.3 is 19.5 Å². The molecule has 0 spiro atoms. The van der Waals surface area contributed by atoms with E-state index in [9.17, 15) is 9.59 Å². The summed E-state index contributed by atoms with van der Waals surface area (Å²) in [5, 5.41) is 2.85. The van der Waals surface area contributed by atoms with E-state index in [0.29, 0.717) is 12.2 Å². The van der Waals surface area contributed by atoms with Gasteiger partial charge >= 0.3 is 5.97 Å². The Balaban J connectivity index is 1.74. The molecule has 6 nitrogen and oxygen atoms in total. The highest BCUT2D eigenvalue weighted by atomic mass is 16.6. The molecular formula is C16H17NO5. The zero-order valence-corrected chi connectivity index (χ0v) is 12.0. The number of carbonyl (C=O) groups excluding carboxylic acids is 2. The van der Waals surface area contributed by atoms with Gasteiger partial charge in [-0.2, -0.15) is 0 Å². The topological polar surface area (TPSA) is 73.9 Å². The number of nitrogens with one attached hydrogen (secondary N) is 1. The molecule has 1 atom stereocenters. The highest BCUT2D eigenvalue weighted by Gasteiger charge is 2.32. The van der Waals surface area contributed by atoms with E-state index in [0.717, 1.165) is 12.8 Å². The maximum absolute atomic E-state index is 12.3. The molecule has 22 heavy (non-hydrogen) atoms. The molecule has 0 unspecified atom stereocenters. The maximum atomic E-state index is 12.3. The number of rotatable bonds is 5. The van der Waals surface area contributed by atoms with Crippen LogP contribution >= 0.6 is 0 Å². The summed E-state index contributed by atoms with van der Waals surface area (Å²) < 4.78 is 15.6. The summed E-state index contributed by atoms with van der Waals surface area (Å²) in [6.07, 6.45) is 2.14. The van der Waals surface area contributed by atoms with Crippen molar-refractivity contribution in [2.45, 2.75) is 25.0 Å². The molecular weight excluding hydrogens is 286 g/mol. The average Bonchev–Trinajstić information content (AvgIpc) is 3.38. The van der Waals surface area contributed by atoms with Crippen LogP contribution in [-0.2, 0) is 23.8 Å². The average molecular weight is 303 g/mol. The Morgan fingerprint density at radius 2 is 1.95 bits per heavy atom. The van der Waals surface area contributed by atoms with Crippen molar-refractivity contribution >= 4 is 11.9 Å². The molecule has 1 aromatic carbocycles. The van der Waals surface area contributed by atoms with E-state index in [1.165, 1.54) is 6.26 Å². The normalized spacial score (nSPS) is 18.3. The lowest BCUT2D eigenvalue weighted by molar-refractivity contribution is -0.157. The number of hydrogen-bond donors (Lipinski definition) is 1. The summed E-state index contributed by atoms with van der Waals surface area (Å²) in [6, 6.07) is 9.10. The number of benzene rings is 1. The van der Waals surface area contributed by atoms with Crippen LogP contribution in [0.1, 0.15) is 24.5 Å². The quantitative estimate of drug-likeness (QED) is 0.833. The van der Waals surface area contributed by atoms with Crippen LogP contribution in [-0.4, -0.2) is 31.1 Å². The lowest BCUT2D eigenvalue weighted by Crippen LogP contribution is -2.34. The van der Waals surface area contributed by atoms with Gasteiger partial charge in [-0.15, -0.1) is 0 Å². The summed E-state index contributed by atoms with van der Waals surface area (Å²) in [4.78, 5) is 24.4. The van der Waals surface area contributed by atoms with E-state index in [2.05, 4.69) is 5.32 Å². The van der Waals surface area contributed by atoms with Crippen LogP contribution < -0.4 is 5.32 Å². The summed E-state index contributed by atoms with van der Waals surface area (Å²) in [5.41, 5.74) is 0.617. The zero-order chi connectivity index (χ0) is 15.4. The Bertz CT molecular complexity index is 579. The van der Waals surface area contributed by atoms with Crippen molar-refractivity contribution in [2.75, 3.05) is 13.2 Å². The minimum absolute atomic E-state index is 0.0218. The van der Waals surface area contributed by atoms with E-state index in [1.807, 2.05) is 6.07 Å². The second kappa shape index (κ2) is 6.51. The molecule has 1 N–H and O–H groups in total. The van der Waals surface area contributed by atoms with E-state index < -0.39 is 12.1 Å². The van der Waals surface area contributed by atoms with Crippen molar-refractivity contribution in [3.63, 3.8) is 0 Å². The standard InChI is InChI=1S/C16H17NO5/c18-15(17-12-6-7-12)14(11-4-2-1-3-5-11)22-16(19)13-10-20-8-9-21-13/h1-5,10,12,14H,6-9H2,(H,17,18)/t14-/m1/s1. The Hall–Kier alpha value is -2.50. The summed E-state index contributed by atoms with van der Waals surface area (Å²) >= 11 is 0. The van der Waals surface area contributed by atoms with Crippen LogP contribution in [0.5, 0.6) is 0 Å². The van der Waals surface area contributed by atoms with Crippen LogP contribution in [0, 0.1) is 0 Å². The highest BCUT2D eigenvalue weighted by molar-refractivity contribution is 5.90. The first-order valence-corrected chi connectivity index (χ1v) is 7.25. The van der Waals surface area contributed by atoms with Gasteiger partial charge in [0.05, 0.1) is 0 Å². The fourth-order valence-corrected chi connectivity index (χ4v) is 2.05. The maximum Gasteiger partial charge on any atom is 0.378 e. The smallest absolute Gasteiger partial charge is 0.378 e. The fourth-order valence-electron chi connectivity index (χ4n) is 2.05. The molecule has 1 aliphatic carbocycles. The first-order chi connectivity index (χ1) is 10.7. The molecule has 0 saturated heterocycles. The first kappa shape index (κ1) is 14.4. The Morgan fingerprint density at radius 1 is 1.18 bits per heavy atom. The van der Waals surface area contributed by atoms with Gasteiger partial charge in [0.2, 0.25) is 11.9 Å². The number of hydrogen-bond acceptors (Lipinski definition) is 5. The second-order valence-electron chi connectivity index (χ2n) is 5.18. The molecule has 1 amide bonds. The molecule has 1 fully saturated rings. The summed E-state index contributed by atoms with van der Waals surface area (Å²) in [5.74, 6) is -1.05. The minimum atomic E-state index is -0.999. The van der Waals surface area contributed by atoms with Gasteiger partial charge in [-0.25, -0.2) is 4.79 Å². The molecule has 6 heteroatoms. The molecule has 0 bridgehead atoms. The zero-order valence-electron chi connectivity index (χ0n) is 12.0. The molecule has 0 radical (unpaired) electrons. The molecule has 0 aromatic heterocycles. The molecule has 1 aromatic rings. The first-order valence-electron chi connectivity index (χ1n) is 7.25. The van der Waals surface area contributed by atoms with E-state index >= 15 is 0 Å². The van der Waals surface area contributed by atoms with Gasteiger partial charge in [-0.3, -0.25) is 4.79 Å². The van der Waals surface area contributed by atoms with Crippen LogP contribution in [0.4, 0.5) is 0 Å². The molecule has 116 valence electrons. The third-order valence-electron chi connectivity index (χ3n) is 3.34. The predicted molar refractivity (Wildman–Crippen MR) is 76.4 cm³/mol. The molecule has 2 aliphatic rings. The predicted octanol–water partition coefficient (Wildman–Crippen LogP) is 1.44. The Labute approximate surface area is 128 Å². The number of ether oxygens (including phenoxy) is 3. The molecule has 1 saturated carbocycles.